The van der Waals surface area contributed by atoms with Crippen LogP contribution >= 0.6 is 0 Å². The van der Waals surface area contributed by atoms with Crippen LogP contribution in [0.25, 0.3) is 0 Å². The number of carbonyl (C=O) groups is 1. The molecular weight excluding hydrogens is 314 g/mol. The third kappa shape index (κ3) is 3.96. The minimum Gasteiger partial charge on any atom is -0.388 e. The van der Waals surface area contributed by atoms with Gasteiger partial charge in [0.1, 0.15) is 0 Å². The molecule has 0 aliphatic carbocycles. The predicted octanol–water partition coefficient (Wildman–Crippen LogP) is 3.78. The van der Waals surface area contributed by atoms with E-state index in [0.29, 0.717) is 17.2 Å². The second-order valence-corrected chi connectivity index (χ2v) is 6.15. The third-order valence-electron chi connectivity index (χ3n) is 4.20. The number of hydrogen-bond acceptors (Lipinski definition) is 5. The molecule has 0 heterocycles. The van der Waals surface area contributed by atoms with Gasteiger partial charge in [-0.2, -0.15) is 0 Å². The summed E-state index contributed by atoms with van der Waals surface area (Å²) in [5, 5.41) is 12.9. The molecule has 0 spiro atoms. The molecule has 0 bridgehead atoms. The quantitative estimate of drug-likeness (QED) is 0.529. The van der Waals surface area contributed by atoms with E-state index >= 15 is 0 Å². The van der Waals surface area contributed by atoms with Crippen molar-refractivity contribution in [2.75, 3.05) is 42.4 Å². The summed E-state index contributed by atoms with van der Waals surface area (Å²) < 4.78 is 0. The van der Waals surface area contributed by atoms with Gasteiger partial charge in [0.25, 0.3) is 5.91 Å². The molecular formula is C19H27N5O. The Morgan fingerprint density at radius 3 is 1.96 bits per heavy atom. The third-order valence-corrected chi connectivity index (χ3v) is 4.20. The first-order valence-electron chi connectivity index (χ1n) is 8.33. The average molecular weight is 341 g/mol. The van der Waals surface area contributed by atoms with E-state index in [1.54, 1.807) is 0 Å². The molecule has 2 rings (SSSR count). The van der Waals surface area contributed by atoms with E-state index in [-0.39, 0.29) is 0 Å². The van der Waals surface area contributed by atoms with Gasteiger partial charge in [-0.05, 0) is 35.7 Å². The van der Waals surface area contributed by atoms with Gasteiger partial charge >= 0.3 is 0 Å². The normalized spacial score (nSPS) is 10.5. The Balaban J connectivity index is 2.54. The Morgan fingerprint density at radius 2 is 1.52 bits per heavy atom. The molecule has 0 saturated carbocycles. The fourth-order valence-corrected chi connectivity index (χ4v) is 2.68. The maximum Gasteiger partial charge on any atom is 0.250 e. The van der Waals surface area contributed by atoms with Gasteiger partial charge in [0, 0.05) is 26.8 Å². The molecule has 0 aliphatic rings. The summed E-state index contributed by atoms with van der Waals surface area (Å²) in [6, 6.07) is 9.76. The van der Waals surface area contributed by atoms with Crippen molar-refractivity contribution in [3.63, 3.8) is 0 Å². The van der Waals surface area contributed by atoms with Gasteiger partial charge in [-0.15, -0.1) is 0 Å². The van der Waals surface area contributed by atoms with Crippen LogP contribution in [-0.4, -0.2) is 27.1 Å². The van der Waals surface area contributed by atoms with E-state index in [4.69, 9.17) is 5.73 Å². The molecule has 6 N–H and O–H groups in total. The van der Waals surface area contributed by atoms with E-state index < -0.39 is 5.91 Å². The highest BCUT2D eigenvalue weighted by Crippen LogP contribution is 2.37. The average Bonchev–Trinajstić information content (AvgIpc) is 2.61. The molecule has 134 valence electrons. The molecule has 6 heteroatoms. The molecule has 25 heavy (non-hydrogen) atoms. The second-order valence-electron chi connectivity index (χ2n) is 6.15. The summed E-state index contributed by atoms with van der Waals surface area (Å²) in [4.78, 5) is 11.9. The summed E-state index contributed by atoms with van der Waals surface area (Å²) >= 11 is 0. The van der Waals surface area contributed by atoms with Crippen LogP contribution in [0.3, 0.4) is 0 Å². The van der Waals surface area contributed by atoms with Crippen molar-refractivity contribution in [3.8, 4) is 0 Å². The monoisotopic (exact) mass is 341 g/mol. The van der Waals surface area contributed by atoms with Crippen molar-refractivity contribution in [2.45, 2.75) is 19.8 Å². The molecule has 2 aromatic carbocycles. The molecule has 6 nitrogen and oxygen atoms in total. The van der Waals surface area contributed by atoms with Crippen LogP contribution in [0.4, 0.5) is 28.4 Å². The van der Waals surface area contributed by atoms with Gasteiger partial charge in [-0.25, -0.2) is 0 Å². The first-order chi connectivity index (χ1) is 11.9. The summed E-state index contributed by atoms with van der Waals surface area (Å²) in [6.45, 7) is 4.17. The van der Waals surface area contributed by atoms with E-state index in [1.165, 1.54) is 0 Å². The zero-order chi connectivity index (χ0) is 18.6. The molecule has 0 unspecified atom stereocenters. The highest BCUT2D eigenvalue weighted by atomic mass is 16.1. The lowest BCUT2D eigenvalue weighted by Gasteiger charge is -2.20. The van der Waals surface area contributed by atoms with Gasteiger partial charge < -0.3 is 27.0 Å². The van der Waals surface area contributed by atoms with Crippen LogP contribution in [0.5, 0.6) is 0 Å². The zero-order valence-electron chi connectivity index (χ0n) is 15.4. The van der Waals surface area contributed by atoms with Crippen molar-refractivity contribution in [1.82, 2.24) is 0 Å². The van der Waals surface area contributed by atoms with E-state index in [9.17, 15) is 4.79 Å². The van der Waals surface area contributed by atoms with Crippen molar-refractivity contribution in [2.24, 2.45) is 5.73 Å². The van der Waals surface area contributed by atoms with Crippen LogP contribution < -0.4 is 27.0 Å². The van der Waals surface area contributed by atoms with Crippen molar-refractivity contribution >= 4 is 34.3 Å². The Hall–Kier alpha value is -2.89. The largest absolute Gasteiger partial charge is 0.388 e. The molecule has 0 saturated heterocycles. The number of hydrogen-bond donors (Lipinski definition) is 5. The molecule has 0 radical (unpaired) electrons. The Morgan fingerprint density at radius 1 is 0.920 bits per heavy atom. The first-order valence-corrected chi connectivity index (χ1v) is 8.33. The Labute approximate surface area is 149 Å². The molecule has 1 amide bonds. The van der Waals surface area contributed by atoms with E-state index in [2.05, 4.69) is 35.1 Å². The van der Waals surface area contributed by atoms with Gasteiger partial charge in [0.05, 0.1) is 28.3 Å². The topological polar surface area (TPSA) is 91.2 Å². The van der Waals surface area contributed by atoms with Crippen LogP contribution in [0.2, 0.25) is 0 Å². The first kappa shape index (κ1) is 18.4. The lowest BCUT2D eigenvalue weighted by atomic mass is 9.99. The van der Waals surface area contributed by atoms with E-state index in [0.717, 1.165) is 28.3 Å². The standard InChI is InChI=1S/C19H27N5O/c1-11(2)12-6-7-15(14(8-12)19(20)25)24-18-16(22-4)9-13(21-3)10-17(18)23-5/h6-11,21-24H,1-5H3,(H2,20,25). The predicted molar refractivity (Wildman–Crippen MR) is 107 cm³/mol. The Bertz CT molecular complexity index is 745. The number of benzene rings is 2. The maximum absolute atomic E-state index is 11.9. The highest BCUT2D eigenvalue weighted by molar-refractivity contribution is 6.01. The number of rotatable bonds is 7. The summed E-state index contributed by atoms with van der Waals surface area (Å²) in [6.07, 6.45) is 0. The Kier molecular flexibility index (Phi) is 5.75. The second kappa shape index (κ2) is 7.79. The molecule has 2 aromatic rings. The van der Waals surface area contributed by atoms with Gasteiger partial charge in [-0.3, -0.25) is 4.79 Å². The summed E-state index contributed by atoms with van der Waals surface area (Å²) in [5.74, 6) is -0.128. The lowest BCUT2D eigenvalue weighted by molar-refractivity contribution is 0.100. The molecule has 0 aliphatic heterocycles. The lowest BCUT2D eigenvalue weighted by Crippen LogP contribution is -2.14. The van der Waals surface area contributed by atoms with Crippen LogP contribution in [0.15, 0.2) is 30.3 Å². The van der Waals surface area contributed by atoms with E-state index in [1.807, 2.05) is 51.5 Å². The maximum atomic E-state index is 11.9. The summed E-state index contributed by atoms with van der Waals surface area (Å²) in [5.41, 5.74) is 11.5. The molecule has 0 aromatic heterocycles. The fourth-order valence-electron chi connectivity index (χ4n) is 2.68. The number of nitrogens with one attached hydrogen (secondary N) is 4. The van der Waals surface area contributed by atoms with Gasteiger partial charge in [-0.1, -0.05) is 19.9 Å². The SMILES string of the molecule is CNc1cc(NC)c(Nc2ccc(C(C)C)cc2C(N)=O)c(NC)c1. The highest BCUT2D eigenvalue weighted by Gasteiger charge is 2.15. The fraction of sp³-hybridized carbons (Fsp3) is 0.316. The number of amides is 1. The number of nitrogens with two attached hydrogens (primary N) is 1. The summed E-state index contributed by atoms with van der Waals surface area (Å²) in [7, 11) is 5.59. The van der Waals surface area contributed by atoms with Crippen LogP contribution in [-0.2, 0) is 0 Å². The zero-order valence-corrected chi connectivity index (χ0v) is 15.4. The number of primary amides is 1. The smallest absolute Gasteiger partial charge is 0.250 e. The van der Waals surface area contributed by atoms with Crippen molar-refractivity contribution < 1.29 is 4.79 Å². The van der Waals surface area contributed by atoms with Gasteiger partial charge in [0.15, 0.2) is 0 Å². The van der Waals surface area contributed by atoms with Crippen molar-refractivity contribution in [1.29, 1.82) is 0 Å². The number of carbonyl (C=O) groups excluding carboxylic acids is 1. The molecule has 0 fully saturated rings. The van der Waals surface area contributed by atoms with Crippen molar-refractivity contribution in [3.05, 3.63) is 41.5 Å². The van der Waals surface area contributed by atoms with Gasteiger partial charge in [0.2, 0.25) is 0 Å². The minimum absolute atomic E-state index is 0.322. The number of anilines is 5. The van der Waals surface area contributed by atoms with Crippen LogP contribution in [0, 0.1) is 0 Å². The molecule has 0 atom stereocenters. The van der Waals surface area contributed by atoms with Crippen LogP contribution in [0.1, 0.15) is 35.7 Å². The minimum atomic E-state index is -0.450.